The lowest BCUT2D eigenvalue weighted by atomic mass is 10.1. The van der Waals surface area contributed by atoms with Crippen LogP contribution in [0.3, 0.4) is 0 Å². The van der Waals surface area contributed by atoms with Gasteiger partial charge in [-0.3, -0.25) is 9.59 Å². The molecule has 0 aliphatic carbocycles. The molecule has 0 fully saturated rings. The van der Waals surface area contributed by atoms with E-state index in [1.54, 1.807) is 19.1 Å². The van der Waals surface area contributed by atoms with E-state index in [0.29, 0.717) is 0 Å². The van der Waals surface area contributed by atoms with Crippen molar-refractivity contribution in [1.29, 1.82) is 0 Å². The van der Waals surface area contributed by atoms with Crippen molar-refractivity contribution in [2.24, 2.45) is 5.10 Å². The van der Waals surface area contributed by atoms with Crippen LogP contribution in [0.25, 0.3) is 0 Å². The maximum atomic E-state index is 13.3. The molecule has 6 heteroatoms. The number of benzene rings is 2. The Balaban J connectivity index is 1.88. The van der Waals surface area contributed by atoms with Crippen molar-refractivity contribution in [1.82, 2.24) is 10.7 Å². The highest BCUT2D eigenvalue weighted by molar-refractivity contribution is 6.35. The van der Waals surface area contributed by atoms with E-state index in [9.17, 15) is 14.0 Å². The lowest BCUT2D eigenvalue weighted by Gasteiger charge is -2.13. The molecule has 0 aliphatic heterocycles. The van der Waals surface area contributed by atoms with Gasteiger partial charge in [-0.2, -0.15) is 5.10 Å². The lowest BCUT2D eigenvalue weighted by Crippen LogP contribution is -2.39. The number of rotatable bonds is 4. The van der Waals surface area contributed by atoms with Crippen molar-refractivity contribution in [2.75, 3.05) is 0 Å². The second-order valence-corrected chi connectivity index (χ2v) is 4.83. The topological polar surface area (TPSA) is 70.6 Å². The summed E-state index contributed by atoms with van der Waals surface area (Å²) < 4.78 is 13.3. The van der Waals surface area contributed by atoms with Crippen molar-refractivity contribution in [2.45, 2.75) is 13.0 Å². The molecule has 0 aromatic heterocycles. The summed E-state index contributed by atoms with van der Waals surface area (Å²) in [6, 6.07) is 14.9. The van der Waals surface area contributed by atoms with E-state index in [1.807, 2.05) is 30.3 Å². The second-order valence-electron chi connectivity index (χ2n) is 4.83. The molecule has 23 heavy (non-hydrogen) atoms. The summed E-state index contributed by atoms with van der Waals surface area (Å²) >= 11 is 0. The molecular weight excluding hydrogens is 297 g/mol. The number of hydrazone groups is 1. The summed E-state index contributed by atoms with van der Waals surface area (Å²) in [7, 11) is 0. The molecule has 2 aromatic carbocycles. The highest BCUT2D eigenvalue weighted by Crippen LogP contribution is 2.10. The van der Waals surface area contributed by atoms with E-state index in [2.05, 4.69) is 15.8 Å². The van der Waals surface area contributed by atoms with Crippen molar-refractivity contribution in [3.05, 3.63) is 71.5 Å². The Morgan fingerprint density at radius 3 is 2.39 bits per heavy atom. The molecule has 2 aromatic rings. The van der Waals surface area contributed by atoms with Crippen LogP contribution in [-0.2, 0) is 9.59 Å². The highest BCUT2D eigenvalue weighted by atomic mass is 19.1. The Morgan fingerprint density at radius 1 is 1.04 bits per heavy atom. The minimum atomic E-state index is -0.916. The van der Waals surface area contributed by atoms with Crippen molar-refractivity contribution in [3.63, 3.8) is 0 Å². The van der Waals surface area contributed by atoms with Gasteiger partial charge in [-0.1, -0.05) is 48.5 Å². The molecular formula is C17H16FN3O2. The van der Waals surface area contributed by atoms with Gasteiger partial charge in [0.2, 0.25) is 0 Å². The Kier molecular flexibility index (Phi) is 5.57. The van der Waals surface area contributed by atoms with Gasteiger partial charge in [-0.25, -0.2) is 9.82 Å². The fraction of sp³-hybridized carbons (Fsp3) is 0.118. The largest absolute Gasteiger partial charge is 0.341 e. The molecule has 0 spiro atoms. The van der Waals surface area contributed by atoms with Crippen LogP contribution in [0.1, 0.15) is 24.1 Å². The molecule has 2 rings (SSSR count). The zero-order valence-electron chi connectivity index (χ0n) is 12.5. The molecule has 2 amide bonds. The lowest BCUT2D eigenvalue weighted by molar-refractivity contribution is -0.139. The highest BCUT2D eigenvalue weighted by Gasteiger charge is 2.16. The molecule has 0 saturated carbocycles. The van der Waals surface area contributed by atoms with Gasteiger partial charge in [0, 0.05) is 5.56 Å². The maximum Gasteiger partial charge on any atom is 0.329 e. The molecule has 118 valence electrons. The SMILES string of the molecule is CC(NC(=O)C(=O)N/N=C/c1ccccc1F)c1ccccc1. The molecule has 0 heterocycles. The number of carbonyl (C=O) groups excluding carboxylic acids is 2. The quantitative estimate of drug-likeness (QED) is 0.516. The first-order chi connectivity index (χ1) is 11.1. The normalized spacial score (nSPS) is 11.9. The molecule has 1 atom stereocenters. The van der Waals surface area contributed by atoms with Gasteiger partial charge in [0.15, 0.2) is 0 Å². The van der Waals surface area contributed by atoms with Crippen LogP contribution in [0, 0.1) is 5.82 Å². The Bertz CT molecular complexity index is 717. The van der Waals surface area contributed by atoms with Gasteiger partial charge in [0.1, 0.15) is 5.82 Å². The van der Waals surface area contributed by atoms with Gasteiger partial charge in [0.25, 0.3) is 0 Å². The third-order valence-corrected chi connectivity index (χ3v) is 3.13. The summed E-state index contributed by atoms with van der Waals surface area (Å²) in [5.41, 5.74) is 3.16. The predicted octanol–water partition coefficient (Wildman–Crippen LogP) is 2.15. The summed E-state index contributed by atoms with van der Waals surface area (Å²) in [5.74, 6) is -2.19. The molecule has 0 saturated heterocycles. The molecule has 0 bridgehead atoms. The van der Waals surface area contributed by atoms with Crippen LogP contribution in [0.4, 0.5) is 4.39 Å². The van der Waals surface area contributed by atoms with Crippen LogP contribution >= 0.6 is 0 Å². The third-order valence-electron chi connectivity index (χ3n) is 3.13. The first-order valence-corrected chi connectivity index (χ1v) is 7.01. The van der Waals surface area contributed by atoms with Gasteiger partial charge >= 0.3 is 11.8 Å². The minimum absolute atomic E-state index is 0.214. The van der Waals surface area contributed by atoms with Crippen LogP contribution in [0.15, 0.2) is 59.7 Å². The third kappa shape index (κ3) is 4.74. The smallest absolute Gasteiger partial charge is 0.329 e. The molecule has 1 unspecified atom stereocenters. The summed E-state index contributed by atoms with van der Waals surface area (Å²) in [5, 5.41) is 6.14. The van der Waals surface area contributed by atoms with E-state index in [1.165, 1.54) is 12.1 Å². The predicted molar refractivity (Wildman–Crippen MR) is 85.1 cm³/mol. The summed E-state index contributed by atoms with van der Waals surface area (Å²) in [6.45, 7) is 1.77. The van der Waals surface area contributed by atoms with Gasteiger partial charge in [-0.15, -0.1) is 0 Å². The molecule has 0 radical (unpaired) electrons. The van der Waals surface area contributed by atoms with Gasteiger partial charge in [-0.05, 0) is 18.6 Å². The van der Waals surface area contributed by atoms with Crippen LogP contribution < -0.4 is 10.7 Å². The zero-order valence-corrected chi connectivity index (χ0v) is 12.5. The maximum absolute atomic E-state index is 13.3. The van der Waals surface area contributed by atoms with Crippen LogP contribution in [-0.4, -0.2) is 18.0 Å². The van der Waals surface area contributed by atoms with Crippen molar-refractivity contribution < 1.29 is 14.0 Å². The van der Waals surface area contributed by atoms with E-state index >= 15 is 0 Å². The second kappa shape index (κ2) is 7.84. The van der Waals surface area contributed by atoms with Crippen molar-refractivity contribution >= 4 is 18.0 Å². The minimum Gasteiger partial charge on any atom is -0.341 e. The number of hydrogen-bond acceptors (Lipinski definition) is 3. The Hall–Kier alpha value is -3.02. The molecule has 0 aliphatic rings. The Labute approximate surface area is 133 Å². The average molecular weight is 313 g/mol. The number of amides is 2. The fourth-order valence-electron chi connectivity index (χ4n) is 1.88. The number of carbonyl (C=O) groups is 2. The number of hydrogen-bond donors (Lipinski definition) is 2. The summed E-state index contributed by atoms with van der Waals surface area (Å²) in [4.78, 5) is 23.4. The zero-order chi connectivity index (χ0) is 16.7. The first-order valence-electron chi connectivity index (χ1n) is 7.01. The van der Waals surface area contributed by atoms with Gasteiger partial charge in [0.05, 0.1) is 12.3 Å². The van der Waals surface area contributed by atoms with E-state index in [0.717, 1.165) is 11.8 Å². The van der Waals surface area contributed by atoms with E-state index < -0.39 is 17.6 Å². The monoisotopic (exact) mass is 313 g/mol. The standard InChI is InChI=1S/C17H16FN3O2/c1-12(13-7-3-2-4-8-13)20-16(22)17(23)21-19-11-14-9-5-6-10-15(14)18/h2-12H,1H3,(H,20,22)(H,21,23)/b19-11+. The average Bonchev–Trinajstić information content (AvgIpc) is 2.57. The fourth-order valence-corrected chi connectivity index (χ4v) is 1.88. The van der Waals surface area contributed by atoms with Crippen LogP contribution in [0.2, 0.25) is 0 Å². The number of halogens is 1. The van der Waals surface area contributed by atoms with Gasteiger partial charge < -0.3 is 5.32 Å². The molecule has 2 N–H and O–H groups in total. The summed E-state index contributed by atoms with van der Waals surface area (Å²) in [6.07, 6.45) is 1.14. The first kappa shape index (κ1) is 16.4. The van der Waals surface area contributed by atoms with E-state index in [-0.39, 0.29) is 11.6 Å². The Morgan fingerprint density at radius 2 is 1.70 bits per heavy atom. The number of nitrogens with one attached hydrogen (secondary N) is 2. The van der Waals surface area contributed by atoms with Crippen molar-refractivity contribution in [3.8, 4) is 0 Å². The molecule has 5 nitrogen and oxygen atoms in total. The van der Waals surface area contributed by atoms with E-state index in [4.69, 9.17) is 0 Å². The van der Waals surface area contributed by atoms with Crippen LogP contribution in [0.5, 0.6) is 0 Å². The number of nitrogens with zero attached hydrogens (tertiary/aromatic N) is 1.